The van der Waals surface area contributed by atoms with Gasteiger partial charge in [0, 0.05) is 5.92 Å². The van der Waals surface area contributed by atoms with Crippen molar-refractivity contribution in [1.82, 2.24) is 0 Å². The van der Waals surface area contributed by atoms with Crippen LogP contribution in [-0.2, 0) is 37.0 Å². The summed E-state index contributed by atoms with van der Waals surface area (Å²) < 4.78 is 0. The molecule has 0 saturated heterocycles. The number of fused-ring (bicyclic) bond motifs is 3. The quantitative estimate of drug-likeness (QED) is 0.543. The smallest absolute Gasteiger partial charge is 1.00 e. The predicted octanol–water partition coefficient (Wildman–Crippen LogP) is 2.31. The average molecular weight is 547 g/mol. The van der Waals surface area contributed by atoms with E-state index >= 15 is 0 Å². The zero-order valence-corrected chi connectivity index (χ0v) is 24.7. The number of rotatable bonds is 2. The molecule has 32 heavy (non-hydrogen) atoms. The van der Waals surface area contributed by atoms with Crippen molar-refractivity contribution in [2.24, 2.45) is 5.41 Å². The fourth-order valence-electron chi connectivity index (χ4n) is 5.08. The SMILES string of the molecule is CC(C)(C)c1ccc2c(c1)C(C(C)(C)C1=CC=CC1)c1cc(C(C)(C)C)ccc1-2.[Cl-].[Cl-].[Zr+2]. The first-order chi connectivity index (χ1) is 13.4. The Morgan fingerprint density at radius 3 is 1.47 bits per heavy atom. The van der Waals surface area contributed by atoms with Gasteiger partial charge in [0.2, 0.25) is 0 Å². The summed E-state index contributed by atoms with van der Waals surface area (Å²) in [6.45, 7) is 18.8. The van der Waals surface area contributed by atoms with Crippen molar-refractivity contribution < 1.29 is 51.0 Å². The van der Waals surface area contributed by atoms with E-state index in [0.717, 1.165) is 6.42 Å². The molecule has 2 aliphatic carbocycles. The minimum atomic E-state index is 0. The molecule has 0 N–H and O–H groups in total. The number of benzene rings is 2. The van der Waals surface area contributed by atoms with Crippen molar-refractivity contribution in [2.75, 3.05) is 0 Å². The Balaban J connectivity index is 0.00000171. The van der Waals surface area contributed by atoms with Crippen LogP contribution in [0.2, 0.25) is 0 Å². The van der Waals surface area contributed by atoms with Crippen LogP contribution in [-0.4, -0.2) is 0 Å². The summed E-state index contributed by atoms with van der Waals surface area (Å²) in [7, 11) is 0. The number of hydrogen-bond acceptors (Lipinski definition) is 0. The second-order valence-electron chi connectivity index (χ2n) is 11.6. The van der Waals surface area contributed by atoms with E-state index in [4.69, 9.17) is 0 Å². The molecule has 0 radical (unpaired) electrons. The molecule has 2 aromatic rings. The summed E-state index contributed by atoms with van der Waals surface area (Å²) in [5, 5.41) is 0. The predicted molar refractivity (Wildman–Crippen MR) is 127 cm³/mol. The van der Waals surface area contributed by atoms with Gasteiger partial charge in [0.15, 0.2) is 0 Å². The van der Waals surface area contributed by atoms with Gasteiger partial charge in [-0.05, 0) is 56.0 Å². The fourth-order valence-corrected chi connectivity index (χ4v) is 5.08. The standard InChI is InChI=1S/C29H36.2ClH.Zr/c1-27(2,3)20-13-15-22-23-16-14-21(28(4,5)6)18-25(23)26(24(22)17-20)29(7,8)19-11-9-10-12-19;;;/h9-11,13-18,26H,12H2,1-8H3;2*1H;/q;;;+2/p-2. The molecule has 0 atom stereocenters. The largest absolute Gasteiger partial charge is 2.00 e. The molecule has 0 amide bonds. The van der Waals surface area contributed by atoms with Gasteiger partial charge < -0.3 is 24.8 Å². The molecule has 3 heteroatoms. The topological polar surface area (TPSA) is 0 Å². The summed E-state index contributed by atoms with van der Waals surface area (Å²) in [6, 6.07) is 14.4. The molecule has 2 aromatic carbocycles. The summed E-state index contributed by atoms with van der Waals surface area (Å²) in [5.41, 5.74) is 10.7. The van der Waals surface area contributed by atoms with Gasteiger partial charge in [-0.15, -0.1) is 0 Å². The van der Waals surface area contributed by atoms with Crippen LogP contribution in [0.1, 0.15) is 90.0 Å². The van der Waals surface area contributed by atoms with E-state index in [-0.39, 0.29) is 67.3 Å². The molecule has 0 spiro atoms. The zero-order chi connectivity index (χ0) is 21.2. The third kappa shape index (κ3) is 5.06. The molecule has 0 fully saturated rings. The van der Waals surface area contributed by atoms with Gasteiger partial charge in [-0.3, -0.25) is 0 Å². The van der Waals surface area contributed by atoms with Crippen molar-refractivity contribution >= 4 is 0 Å². The van der Waals surface area contributed by atoms with E-state index in [1.165, 1.54) is 33.4 Å². The Morgan fingerprint density at radius 1 is 0.688 bits per heavy atom. The van der Waals surface area contributed by atoms with Crippen LogP contribution < -0.4 is 24.8 Å². The Bertz CT molecular complexity index is 967. The summed E-state index contributed by atoms with van der Waals surface area (Å²) in [4.78, 5) is 0. The Labute approximate surface area is 227 Å². The van der Waals surface area contributed by atoms with E-state index in [1.54, 1.807) is 5.57 Å². The average Bonchev–Trinajstić information content (AvgIpc) is 3.26. The number of hydrogen-bond donors (Lipinski definition) is 0. The number of allylic oxidation sites excluding steroid dienone is 4. The van der Waals surface area contributed by atoms with Gasteiger partial charge in [0.05, 0.1) is 0 Å². The van der Waals surface area contributed by atoms with Gasteiger partial charge in [0.25, 0.3) is 0 Å². The first-order valence-electron chi connectivity index (χ1n) is 11.1. The van der Waals surface area contributed by atoms with E-state index in [9.17, 15) is 0 Å². The number of halogens is 2. The van der Waals surface area contributed by atoms with Crippen LogP contribution in [0.25, 0.3) is 11.1 Å². The first-order valence-corrected chi connectivity index (χ1v) is 11.1. The van der Waals surface area contributed by atoms with Crippen LogP contribution in [0.4, 0.5) is 0 Å². The zero-order valence-electron chi connectivity index (χ0n) is 20.7. The minimum Gasteiger partial charge on any atom is -1.00 e. The van der Waals surface area contributed by atoms with Crippen molar-refractivity contribution in [3.63, 3.8) is 0 Å². The molecule has 0 saturated carbocycles. The maximum atomic E-state index is 2.50. The van der Waals surface area contributed by atoms with E-state index in [2.05, 4.69) is 110 Å². The van der Waals surface area contributed by atoms with Gasteiger partial charge in [-0.1, -0.05) is 116 Å². The maximum Gasteiger partial charge on any atom is 2.00 e. The Morgan fingerprint density at radius 2 is 1.12 bits per heavy atom. The van der Waals surface area contributed by atoms with Crippen LogP contribution in [0.15, 0.2) is 60.2 Å². The van der Waals surface area contributed by atoms with Crippen molar-refractivity contribution in [3.8, 4) is 11.1 Å². The summed E-state index contributed by atoms with van der Waals surface area (Å²) in [5.74, 6) is 0.392. The first kappa shape index (κ1) is 29.4. The van der Waals surface area contributed by atoms with Crippen LogP contribution in [0, 0.1) is 5.41 Å². The molecule has 0 aromatic heterocycles. The van der Waals surface area contributed by atoms with Gasteiger partial charge in [-0.25, -0.2) is 0 Å². The van der Waals surface area contributed by atoms with E-state index in [1.807, 2.05) is 0 Å². The van der Waals surface area contributed by atoms with Crippen molar-refractivity contribution in [2.45, 2.75) is 78.6 Å². The molecule has 2 aliphatic rings. The second-order valence-corrected chi connectivity index (χ2v) is 11.6. The Kier molecular flexibility index (Phi) is 9.13. The van der Waals surface area contributed by atoms with Gasteiger partial charge >= 0.3 is 26.2 Å². The molecule has 0 aliphatic heterocycles. The minimum absolute atomic E-state index is 0. The molecule has 0 heterocycles. The third-order valence-electron chi connectivity index (χ3n) is 7.07. The van der Waals surface area contributed by atoms with Crippen LogP contribution in [0.5, 0.6) is 0 Å². The van der Waals surface area contributed by atoms with Crippen molar-refractivity contribution in [3.05, 3.63) is 82.5 Å². The van der Waals surface area contributed by atoms with Crippen LogP contribution in [0.3, 0.4) is 0 Å². The normalized spacial score (nSPS) is 15.2. The van der Waals surface area contributed by atoms with E-state index in [0.29, 0.717) is 5.92 Å². The molecular formula is C29H36Cl2Zr. The van der Waals surface area contributed by atoms with E-state index < -0.39 is 0 Å². The summed E-state index contributed by atoms with van der Waals surface area (Å²) in [6.07, 6.45) is 7.95. The third-order valence-corrected chi connectivity index (χ3v) is 7.07. The maximum absolute atomic E-state index is 2.50. The molecule has 0 unspecified atom stereocenters. The Hall–Kier alpha value is -0.617. The molecule has 0 nitrogen and oxygen atoms in total. The monoisotopic (exact) mass is 544 g/mol. The molecule has 170 valence electrons. The second kappa shape index (κ2) is 9.94. The van der Waals surface area contributed by atoms with Crippen LogP contribution >= 0.6 is 0 Å². The van der Waals surface area contributed by atoms with Gasteiger partial charge in [-0.2, -0.15) is 0 Å². The molecular weight excluding hydrogens is 510 g/mol. The fraction of sp³-hybridized carbons (Fsp3) is 0.448. The van der Waals surface area contributed by atoms with Gasteiger partial charge in [0.1, 0.15) is 0 Å². The molecule has 4 rings (SSSR count). The summed E-state index contributed by atoms with van der Waals surface area (Å²) >= 11 is 0. The molecule has 0 bridgehead atoms. The van der Waals surface area contributed by atoms with Crippen molar-refractivity contribution in [1.29, 1.82) is 0 Å².